The van der Waals surface area contributed by atoms with Crippen LogP contribution in [0.5, 0.6) is 0 Å². The van der Waals surface area contributed by atoms with Gasteiger partial charge in [-0.15, -0.1) is 0 Å². The summed E-state index contributed by atoms with van der Waals surface area (Å²) >= 11 is 0. The summed E-state index contributed by atoms with van der Waals surface area (Å²) in [6, 6.07) is 0. The lowest BCUT2D eigenvalue weighted by Gasteiger charge is -2.15. The molecule has 0 aliphatic rings. The Kier molecular flexibility index (Phi) is 36.0. The van der Waals surface area contributed by atoms with Gasteiger partial charge in [0.1, 0.15) is 12.6 Å². The van der Waals surface area contributed by atoms with E-state index in [1.165, 1.54) is 135 Å². The van der Waals surface area contributed by atoms with E-state index < -0.39 is 5.97 Å². The molecule has 0 spiro atoms. The average molecular weight is 676 g/mol. The van der Waals surface area contributed by atoms with E-state index in [9.17, 15) is 14.4 Å². The predicted molar refractivity (Wildman–Crippen MR) is 203 cm³/mol. The van der Waals surface area contributed by atoms with Crippen LogP contribution in [-0.4, -0.2) is 35.6 Å². The van der Waals surface area contributed by atoms with Gasteiger partial charge in [0.05, 0.1) is 0 Å². The van der Waals surface area contributed by atoms with Crippen LogP contribution < -0.4 is 5.32 Å². The summed E-state index contributed by atoms with van der Waals surface area (Å²) in [5.74, 6) is -1.32. The third kappa shape index (κ3) is 36.7. The molecule has 1 amide bonds. The highest BCUT2D eigenvalue weighted by Gasteiger charge is 2.12. The Morgan fingerprint density at radius 1 is 0.542 bits per heavy atom. The molecule has 0 aromatic heterocycles. The quantitative estimate of drug-likeness (QED) is 0.0388. The van der Waals surface area contributed by atoms with E-state index in [1.54, 1.807) is 0 Å². The molecule has 0 radical (unpaired) electrons. The average Bonchev–Trinajstić information content (AvgIpc) is 3.07. The van der Waals surface area contributed by atoms with Crippen LogP contribution in [0.25, 0.3) is 0 Å². The molecule has 6 heteroatoms. The summed E-state index contributed by atoms with van der Waals surface area (Å²) in [7, 11) is 0. The van der Waals surface area contributed by atoms with Gasteiger partial charge < -0.3 is 15.2 Å². The van der Waals surface area contributed by atoms with Crippen LogP contribution in [0.2, 0.25) is 0 Å². The molecule has 0 aliphatic carbocycles. The fourth-order valence-electron chi connectivity index (χ4n) is 6.01. The minimum absolute atomic E-state index is 0.0830. The number of rotatable bonds is 37. The summed E-state index contributed by atoms with van der Waals surface area (Å²) in [5.41, 5.74) is 0. The number of carbonyl (C=O) groups is 3. The number of esters is 1. The van der Waals surface area contributed by atoms with E-state index in [0.29, 0.717) is 12.8 Å². The molecule has 0 aromatic carbocycles. The fourth-order valence-corrected chi connectivity index (χ4v) is 6.01. The highest BCUT2D eigenvalue weighted by atomic mass is 16.5. The summed E-state index contributed by atoms with van der Waals surface area (Å²) in [4.78, 5) is 34.9. The van der Waals surface area contributed by atoms with Gasteiger partial charge in [-0.3, -0.25) is 14.4 Å². The topological polar surface area (TPSA) is 92.7 Å². The highest BCUT2D eigenvalue weighted by Crippen LogP contribution is 2.16. The number of amides is 1. The van der Waals surface area contributed by atoms with Gasteiger partial charge in [-0.05, 0) is 70.3 Å². The number of ether oxygens (including phenoxy) is 1. The molecule has 0 rings (SSSR count). The van der Waals surface area contributed by atoms with Crippen LogP contribution in [0.3, 0.4) is 0 Å². The van der Waals surface area contributed by atoms with Crippen molar-refractivity contribution in [2.24, 2.45) is 0 Å². The second kappa shape index (κ2) is 37.7. The Hall–Kier alpha value is -2.11. The molecule has 1 atom stereocenters. The van der Waals surface area contributed by atoms with Crippen LogP contribution in [0.15, 0.2) is 24.3 Å². The fraction of sp³-hybridized carbons (Fsp3) is 0.833. The van der Waals surface area contributed by atoms with Crippen molar-refractivity contribution in [2.45, 2.75) is 219 Å². The first kappa shape index (κ1) is 45.9. The van der Waals surface area contributed by atoms with Crippen molar-refractivity contribution in [3.05, 3.63) is 24.3 Å². The minimum Gasteiger partial charge on any atom is -0.480 e. The van der Waals surface area contributed by atoms with Crippen molar-refractivity contribution < 1.29 is 24.2 Å². The van der Waals surface area contributed by atoms with Gasteiger partial charge in [0.2, 0.25) is 5.91 Å². The first-order valence-electron chi connectivity index (χ1n) is 20.5. The molecule has 2 N–H and O–H groups in total. The Morgan fingerprint density at radius 3 is 1.46 bits per heavy atom. The molecule has 0 heterocycles. The Bertz CT molecular complexity index is 793. The molecule has 1 unspecified atom stereocenters. The van der Waals surface area contributed by atoms with E-state index in [4.69, 9.17) is 9.84 Å². The standard InChI is InChI=1S/C42H77NO5/c1-3-5-7-9-11-13-14-15-16-17-18-19-20-21-22-23-25-27-33-37-42(47)48-39(34-30-26-24-12-10-8-6-4-2)35-31-28-29-32-36-40(44)43-38-41(45)46/h15-16,30,34,39H,3-14,17-29,31-33,35-38H2,1-2H3,(H,43,44)(H,45,46)/b16-15-,34-30-. The van der Waals surface area contributed by atoms with Gasteiger partial charge in [0.25, 0.3) is 0 Å². The highest BCUT2D eigenvalue weighted by molar-refractivity contribution is 5.80. The minimum atomic E-state index is -1.03. The van der Waals surface area contributed by atoms with Crippen LogP contribution in [0, 0.1) is 0 Å². The maximum absolute atomic E-state index is 12.6. The third-order valence-electron chi connectivity index (χ3n) is 9.08. The number of hydrogen-bond acceptors (Lipinski definition) is 4. The third-order valence-corrected chi connectivity index (χ3v) is 9.08. The Balaban J connectivity index is 4.03. The maximum Gasteiger partial charge on any atom is 0.322 e. The van der Waals surface area contributed by atoms with Crippen molar-refractivity contribution in [3.8, 4) is 0 Å². The smallest absolute Gasteiger partial charge is 0.322 e. The lowest BCUT2D eigenvalue weighted by atomic mass is 10.0. The van der Waals surface area contributed by atoms with Crippen molar-refractivity contribution in [1.29, 1.82) is 0 Å². The van der Waals surface area contributed by atoms with Gasteiger partial charge >= 0.3 is 11.9 Å². The molecular weight excluding hydrogens is 598 g/mol. The summed E-state index contributed by atoms with van der Waals surface area (Å²) in [5, 5.41) is 11.1. The maximum atomic E-state index is 12.6. The number of carboxylic acid groups (broad SMARTS) is 1. The normalized spacial score (nSPS) is 12.2. The van der Waals surface area contributed by atoms with Gasteiger partial charge in [-0.2, -0.15) is 0 Å². The molecular formula is C42H77NO5. The molecule has 0 saturated heterocycles. The van der Waals surface area contributed by atoms with Gasteiger partial charge in [-0.25, -0.2) is 0 Å². The lowest BCUT2D eigenvalue weighted by Crippen LogP contribution is -2.28. The number of allylic oxidation sites excluding steroid dienone is 3. The van der Waals surface area contributed by atoms with E-state index in [-0.39, 0.29) is 24.5 Å². The van der Waals surface area contributed by atoms with E-state index >= 15 is 0 Å². The van der Waals surface area contributed by atoms with E-state index in [0.717, 1.165) is 51.4 Å². The summed E-state index contributed by atoms with van der Waals surface area (Å²) < 4.78 is 5.90. The number of aliphatic carboxylic acids is 1. The Labute approximate surface area is 296 Å². The van der Waals surface area contributed by atoms with Crippen molar-refractivity contribution in [1.82, 2.24) is 5.32 Å². The number of nitrogens with one attached hydrogen (secondary N) is 1. The number of unbranched alkanes of at least 4 members (excludes halogenated alkanes) is 24. The molecule has 48 heavy (non-hydrogen) atoms. The zero-order valence-corrected chi connectivity index (χ0v) is 31.6. The van der Waals surface area contributed by atoms with Crippen LogP contribution in [0.4, 0.5) is 0 Å². The molecule has 6 nitrogen and oxygen atoms in total. The zero-order valence-electron chi connectivity index (χ0n) is 31.6. The number of carboxylic acids is 1. The predicted octanol–water partition coefficient (Wildman–Crippen LogP) is 12.3. The van der Waals surface area contributed by atoms with E-state index in [1.807, 2.05) is 0 Å². The zero-order chi connectivity index (χ0) is 35.2. The second-order valence-corrected chi connectivity index (χ2v) is 13.9. The van der Waals surface area contributed by atoms with Crippen molar-refractivity contribution >= 4 is 17.8 Å². The van der Waals surface area contributed by atoms with Gasteiger partial charge in [-0.1, -0.05) is 154 Å². The van der Waals surface area contributed by atoms with Gasteiger partial charge in [0.15, 0.2) is 0 Å². The van der Waals surface area contributed by atoms with Crippen LogP contribution >= 0.6 is 0 Å². The monoisotopic (exact) mass is 676 g/mol. The molecule has 0 saturated carbocycles. The first-order valence-corrected chi connectivity index (χ1v) is 20.5. The first-order chi connectivity index (χ1) is 23.5. The second-order valence-electron chi connectivity index (χ2n) is 13.9. The SMILES string of the molecule is CCCCCCCC/C=C\CCCCCCCCCCCC(=O)OC(/C=C\CCCCCCCC)CCCCCCC(=O)NCC(=O)O. The lowest BCUT2D eigenvalue weighted by molar-refractivity contribution is -0.147. The van der Waals surface area contributed by atoms with Crippen LogP contribution in [0.1, 0.15) is 213 Å². The van der Waals surface area contributed by atoms with Crippen molar-refractivity contribution in [3.63, 3.8) is 0 Å². The largest absolute Gasteiger partial charge is 0.480 e. The van der Waals surface area contributed by atoms with Gasteiger partial charge in [0, 0.05) is 12.8 Å². The molecule has 0 aliphatic heterocycles. The summed E-state index contributed by atoms with van der Waals surface area (Å²) in [6.45, 7) is 4.19. The number of hydrogen-bond donors (Lipinski definition) is 2. The van der Waals surface area contributed by atoms with Crippen molar-refractivity contribution in [2.75, 3.05) is 6.54 Å². The number of carbonyl (C=O) groups excluding carboxylic acids is 2. The molecule has 0 bridgehead atoms. The molecule has 280 valence electrons. The Morgan fingerprint density at radius 2 is 0.958 bits per heavy atom. The molecule has 0 aromatic rings. The van der Waals surface area contributed by atoms with E-state index in [2.05, 4.69) is 43.5 Å². The molecule has 0 fully saturated rings. The van der Waals surface area contributed by atoms with Crippen LogP contribution in [-0.2, 0) is 19.1 Å². The summed E-state index contributed by atoms with van der Waals surface area (Å²) in [6.07, 6.45) is 44.6.